The van der Waals surface area contributed by atoms with Crippen LogP contribution in [0.2, 0.25) is 0 Å². The Kier molecular flexibility index (Phi) is 3.15. The summed E-state index contributed by atoms with van der Waals surface area (Å²) in [6.45, 7) is 2.48. The quantitative estimate of drug-likeness (QED) is 0.577. The first kappa shape index (κ1) is 10.1. The van der Waals surface area contributed by atoms with E-state index in [1.165, 1.54) is 12.8 Å². The van der Waals surface area contributed by atoms with Gasteiger partial charge in [0, 0.05) is 31.2 Å². The molecule has 3 N–H and O–H groups in total. The zero-order valence-electron chi connectivity index (χ0n) is 8.48. The maximum absolute atomic E-state index is 10.6. The molecule has 1 aliphatic heterocycles. The van der Waals surface area contributed by atoms with Gasteiger partial charge in [-0.15, -0.1) is 0 Å². The van der Waals surface area contributed by atoms with Gasteiger partial charge in [-0.05, 0) is 12.8 Å². The number of nitrogens with zero attached hydrogens (tertiary/aromatic N) is 1. The minimum absolute atomic E-state index is 0.238. The van der Waals surface area contributed by atoms with Crippen LogP contribution in [0, 0.1) is 0 Å². The molecule has 0 aromatic heterocycles. The molecular formula is C10H19N3O. The Hall–Kier alpha value is -0.450. The highest BCUT2D eigenvalue weighted by Gasteiger charge is 2.37. The maximum Gasteiger partial charge on any atom is 0.133 e. The summed E-state index contributed by atoms with van der Waals surface area (Å²) in [7, 11) is 0. The molecule has 14 heavy (non-hydrogen) atoms. The molecule has 3 unspecified atom stereocenters. The van der Waals surface area contributed by atoms with Crippen molar-refractivity contribution in [1.82, 2.24) is 10.2 Å². The second-order valence-corrected chi connectivity index (χ2v) is 4.31. The van der Waals surface area contributed by atoms with Gasteiger partial charge in [0.1, 0.15) is 6.29 Å². The Bertz CT molecular complexity index is 208. The van der Waals surface area contributed by atoms with Crippen LogP contribution < -0.4 is 11.1 Å². The second kappa shape index (κ2) is 4.38. The summed E-state index contributed by atoms with van der Waals surface area (Å²) in [5.41, 5.74) is 6.11. The summed E-state index contributed by atoms with van der Waals surface area (Å²) in [6.07, 6.45) is 4.50. The van der Waals surface area contributed by atoms with Crippen LogP contribution in [0.15, 0.2) is 0 Å². The van der Waals surface area contributed by atoms with E-state index in [9.17, 15) is 4.79 Å². The van der Waals surface area contributed by atoms with Crippen LogP contribution >= 0.6 is 0 Å². The van der Waals surface area contributed by atoms with Crippen molar-refractivity contribution in [3.63, 3.8) is 0 Å². The monoisotopic (exact) mass is 197 g/mol. The summed E-state index contributed by atoms with van der Waals surface area (Å²) < 4.78 is 0. The molecule has 2 rings (SSSR count). The van der Waals surface area contributed by atoms with E-state index in [0.717, 1.165) is 25.8 Å². The van der Waals surface area contributed by atoms with Crippen LogP contribution in [-0.4, -0.2) is 48.9 Å². The van der Waals surface area contributed by atoms with Gasteiger partial charge < -0.3 is 15.8 Å². The standard InChI is InChI=1S/C10H19N3O/c11-8-2-1-3-9-10(8)13(6-7-14)5-4-12-9/h7-10,12H,1-6,11H2. The molecule has 1 heterocycles. The van der Waals surface area contributed by atoms with Gasteiger partial charge in [0.2, 0.25) is 0 Å². The lowest BCUT2D eigenvalue weighted by atomic mass is 9.84. The molecule has 80 valence electrons. The van der Waals surface area contributed by atoms with E-state index in [-0.39, 0.29) is 6.04 Å². The number of hydrogen-bond donors (Lipinski definition) is 2. The van der Waals surface area contributed by atoms with Gasteiger partial charge in [0.15, 0.2) is 0 Å². The average Bonchev–Trinajstić information content (AvgIpc) is 2.19. The summed E-state index contributed by atoms with van der Waals surface area (Å²) in [5, 5.41) is 3.50. The molecule has 4 nitrogen and oxygen atoms in total. The summed E-state index contributed by atoms with van der Waals surface area (Å²) in [6, 6.07) is 1.12. The molecular weight excluding hydrogens is 178 g/mol. The maximum atomic E-state index is 10.6. The molecule has 4 heteroatoms. The molecule has 0 aromatic carbocycles. The highest BCUT2D eigenvalue weighted by Crippen LogP contribution is 2.24. The first-order valence-corrected chi connectivity index (χ1v) is 5.49. The van der Waals surface area contributed by atoms with Crippen LogP contribution in [0.3, 0.4) is 0 Å². The molecule has 1 saturated heterocycles. The van der Waals surface area contributed by atoms with Crippen molar-refractivity contribution < 1.29 is 4.79 Å². The first-order chi connectivity index (χ1) is 6.83. The van der Waals surface area contributed by atoms with Gasteiger partial charge in [-0.3, -0.25) is 4.90 Å². The van der Waals surface area contributed by atoms with Crippen molar-refractivity contribution in [1.29, 1.82) is 0 Å². The fourth-order valence-electron chi connectivity index (χ4n) is 2.81. The van der Waals surface area contributed by atoms with Crippen LogP contribution in [0.1, 0.15) is 19.3 Å². The minimum Gasteiger partial charge on any atom is -0.326 e. The number of nitrogens with one attached hydrogen (secondary N) is 1. The third kappa shape index (κ3) is 1.82. The fourth-order valence-corrected chi connectivity index (χ4v) is 2.81. The van der Waals surface area contributed by atoms with Crippen LogP contribution in [0.5, 0.6) is 0 Å². The Labute approximate surface area is 84.8 Å². The van der Waals surface area contributed by atoms with E-state index in [1.807, 2.05) is 0 Å². The number of carbonyl (C=O) groups excluding carboxylic acids is 1. The molecule has 3 atom stereocenters. The predicted molar refractivity (Wildman–Crippen MR) is 55.0 cm³/mol. The molecule has 2 fully saturated rings. The van der Waals surface area contributed by atoms with Crippen molar-refractivity contribution in [3.8, 4) is 0 Å². The second-order valence-electron chi connectivity index (χ2n) is 4.31. The van der Waals surface area contributed by atoms with Crippen LogP contribution in [0.25, 0.3) is 0 Å². The highest BCUT2D eigenvalue weighted by molar-refractivity contribution is 5.52. The Balaban J connectivity index is 2.06. The van der Waals surface area contributed by atoms with Crippen molar-refractivity contribution in [2.45, 2.75) is 37.4 Å². The smallest absolute Gasteiger partial charge is 0.133 e. The molecule has 0 amide bonds. The van der Waals surface area contributed by atoms with E-state index in [2.05, 4.69) is 10.2 Å². The third-order valence-corrected chi connectivity index (χ3v) is 3.44. The predicted octanol–water partition coefficient (Wildman–Crippen LogP) is -0.661. The first-order valence-electron chi connectivity index (χ1n) is 5.49. The van der Waals surface area contributed by atoms with E-state index in [4.69, 9.17) is 5.73 Å². The summed E-state index contributed by atoms with van der Waals surface area (Å²) in [5.74, 6) is 0. The average molecular weight is 197 g/mol. The highest BCUT2D eigenvalue weighted by atomic mass is 16.1. The molecule has 0 spiro atoms. The zero-order chi connectivity index (χ0) is 9.97. The van der Waals surface area contributed by atoms with Crippen molar-refractivity contribution in [2.75, 3.05) is 19.6 Å². The molecule has 1 saturated carbocycles. The van der Waals surface area contributed by atoms with Gasteiger partial charge in [0.05, 0.1) is 6.54 Å². The Morgan fingerprint density at radius 1 is 1.50 bits per heavy atom. The van der Waals surface area contributed by atoms with Crippen molar-refractivity contribution in [3.05, 3.63) is 0 Å². The van der Waals surface area contributed by atoms with Gasteiger partial charge in [-0.2, -0.15) is 0 Å². The lowest BCUT2D eigenvalue weighted by Crippen LogP contribution is -2.65. The minimum atomic E-state index is 0.238. The molecule has 2 aliphatic rings. The number of hydrogen-bond acceptors (Lipinski definition) is 4. The largest absolute Gasteiger partial charge is 0.326 e. The van der Waals surface area contributed by atoms with Gasteiger partial charge in [-0.25, -0.2) is 0 Å². The van der Waals surface area contributed by atoms with E-state index >= 15 is 0 Å². The van der Waals surface area contributed by atoms with E-state index in [1.54, 1.807) is 0 Å². The van der Waals surface area contributed by atoms with Gasteiger partial charge >= 0.3 is 0 Å². The van der Waals surface area contributed by atoms with Crippen LogP contribution in [0.4, 0.5) is 0 Å². The lowest BCUT2D eigenvalue weighted by molar-refractivity contribution is -0.110. The van der Waals surface area contributed by atoms with Crippen molar-refractivity contribution >= 4 is 6.29 Å². The molecule has 0 bridgehead atoms. The topological polar surface area (TPSA) is 58.4 Å². The molecule has 1 aliphatic carbocycles. The molecule has 0 radical (unpaired) electrons. The van der Waals surface area contributed by atoms with Crippen molar-refractivity contribution in [2.24, 2.45) is 5.73 Å². The number of nitrogens with two attached hydrogens (primary N) is 1. The normalized spacial score (nSPS) is 39.1. The Morgan fingerprint density at radius 3 is 3.14 bits per heavy atom. The number of aldehydes is 1. The van der Waals surface area contributed by atoms with Crippen LogP contribution in [-0.2, 0) is 4.79 Å². The van der Waals surface area contributed by atoms with E-state index in [0.29, 0.717) is 18.6 Å². The number of rotatable bonds is 2. The molecule has 0 aromatic rings. The van der Waals surface area contributed by atoms with Gasteiger partial charge in [0.25, 0.3) is 0 Å². The fraction of sp³-hybridized carbons (Fsp3) is 0.900. The van der Waals surface area contributed by atoms with E-state index < -0.39 is 0 Å². The SMILES string of the molecule is NC1CCCC2NCCN(CC=O)C12. The van der Waals surface area contributed by atoms with Gasteiger partial charge in [-0.1, -0.05) is 6.42 Å². The number of carbonyl (C=O) groups is 1. The third-order valence-electron chi connectivity index (χ3n) is 3.44. The number of fused-ring (bicyclic) bond motifs is 1. The zero-order valence-corrected chi connectivity index (χ0v) is 8.48. The Morgan fingerprint density at radius 2 is 2.36 bits per heavy atom. The summed E-state index contributed by atoms with van der Waals surface area (Å²) >= 11 is 0. The lowest BCUT2D eigenvalue weighted by Gasteiger charge is -2.47. The summed E-state index contributed by atoms with van der Waals surface area (Å²) in [4.78, 5) is 12.8. The number of piperazine rings is 1.